The van der Waals surface area contributed by atoms with Gasteiger partial charge in [0.15, 0.2) is 23.0 Å². The maximum Gasteiger partial charge on any atom is 0.319 e. The van der Waals surface area contributed by atoms with Crippen molar-refractivity contribution in [2.24, 2.45) is 11.7 Å². The Labute approximate surface area is 294 Å². The Morgan fingerprint density at radius 2 is 1.44 bits per heavy atom. The van der Waals surface area contributed by atoms with E-state index in [1.54, 1.807) is 23.1 Å². The van der Waals surface area contributed by atoms with Crippen molar-refractivity contribution >= 4 is 56.8 Å². The van der Waals surface area contributed by atoms with Crippen molar-refractivity contribution < 1.29 is 38.9 Å². The number of urea groups is 1. The van der Waals surface area contributed by atoms with E-state index in [0.717, 1.165) is 23.2 Å². The number of aromatic amines is 3. The summed E-state index contributed by atoms with van der Waals surface area (Å²) in [7, 11) is 2.79. The predicted molar refractivity (Wildman–Crippen MR) is 188 cm³/mol. The predicted octanol–water partition coefficient (Wildman–Crippen LogP) is 3.85. The van der Waals surface area contributed by atoms with Crippen molar-refractivity contribution in [1.82, 2.24) is 19.9 Å². The van der Waals surface area contributed by atoms with Crippen molar-refractivity contribution in [3.63, 3.8) is 0 Å². The number of fused-ring (bicyclic) bond motifs is 7. The lowest BCUT2D eigenvalue weighted by atomic mass is 9.83. The normalized spacial score (nSPS) is 20.9. The van der Waals surface area contributed by atoms with E-state index < -0.39 is 11.9 Å². The number of amides is 4. The van der Waals surface area contributed by atoms with Crippen LogP contribution in [0.15, 0.2) is 30.1 Å². The van der Waals surface area contributed by atoms with Crippen molar-refractivity contribution in [2.75, 3.05) is 43.7 Å². The van der Waals surface area contributed by atoms with Gasteiger partial charge in [0.25, 0.3) is 11.8 Å². The minimum Gasteiger partial charge on any atom is -0.503 e. The number of hydrogen-bond acceptors (Lipinski definition) is 8. The molecule has 10 rings (SSSR count). The second kappa shape index (κ2) is 9.90. The molecule has 1 spiro atoms. The SMILES string of the molecule is COc1c(O)c2c(c3cc(C(=O)N4CCc5c4c(O)c(OC)c4[nH]c(C(=O)N6CC7C[C@@]78C6=CC(=O)c6[nH]cc(C)c68)cc54)[nH]c13)CCN2C(N)=O. The number of rotatable bonds is 4. The summed E-state index contributed by atoms with van der Waals surface area (Å²) >= 11 is 0. The number of nitrogens with two attached hydrogens (primary N) is 1. The average molecular weight is 704 g/mol. The van der Waals surface area contributed by atoms with Crippen LogP contribution in [0.1, 0.15) is 60.1 Å². The first-order chi connectivity index (χ1) is 25.0. The number of phenolic OH excluding ortho intramolecular Hbond substituents is 2. The van der Waals surface area contributed by atoms with E-state index in [1.165, 1.54) is 24.0 Å². The molecule has 2 aromatic carbocycles. The minimum atomic E-state index is -0.714. The molecule has 15 heteroatoms. The summed E-state index contributed by atoms with van der Waals surface area (Å²) in [6.07, 6.45) is 5.12. The van der Waals surface area contributed by atoms with Gasteiger partial charge in [-0.05, 0) is 66.5 Å². The molecule has 52 heavy (non-hydrogen) atoms. The number of methoxy groups -OCH3 is 2. The smallest absolute Gasteiger partial charge is 0.319 e. The number of primary amides is 1. The largest absolute Gasteiger partial charge is 0.503 e. The standard InChI is InChI=1S/C37H33N7O8/c1-14-12-39-27-22(45)10-23-37(24(14)27)11-15(37)13-44(23)35(49)21-9-18-16-4-6-42(28(16)30(46)32(51-2)25(18)41-21)34(48)20-8-19-17-5-7-43(36(38)50)29(17)31(47)33(52-3)26(19)40-20/h8-10,12,15,39-41,46-47H,4-7,11,13H2,1-3H3,(H2,38,50)/t15?,37-/m0/s1. The van der Waals surface area contributed by atoms with E-state index in [2.05, 4.69) is 15.0 Å². The number of carbonyl (C=O) groups excluding carboxylic acids is 4. The zero-order valence-electron chi connectivity index (χ0n) is 28.4. The highest BCUT2D eigenvalue weighted by molar-refractivity contribution is 6.15. The fraction of sp³-hybridized carbons (Fsp3) is 0.297. The topological polar surface area (TPSA) is 210 Å². The summed E-state index contributed by atoms with van der Waals surface area (Å²) < 4.78 is 11.2. The molecule has 1 unspecified atom stereocenters. The number of ketones is 1. The first-order valence-corrected chi connectivity index (χ1v) is 17.0. The van der Waals surface area contributed by atoms with Gasteiger partial charge in [0.2, 0.25) is 5.78 Å². The van der Waals surface area contributed by atoms with Gasteiger partial charge in [0.05, 0.1) is 42.3 Å². The number of carbonyl (C=O) groups is 4. The highest BCUT2D eigenvalue weighted by Crippen LogP contribution is 2.67. The molecule has 3 aromatic heterocycles. The van der Waals surface area contributed by atoms with Crippen LogP contribution < -0.4 is 25.0 Å². The van der Waals surface area contributed by atoms with Gasteiger partial charge >= 0.3 is 6.03 Å². The van der Waals surface area contributed by atoms with E-state index in [9.17, 15) is 29.4 Å². The molecule has 2 atom stereocenters. The molecule has 1 saturated heterocycles. The van der Waals surface area contributed by atoms with Crippen LogP contribution in [0.25, 0.3) is 21.8 Å². The molecule has 7 N–H and O–H groups in total. The number of piperidine rings is 1. The first-order valence-electron chi connectivity index (χ1n) is 17.0. The molecule has 4 amide bonds. The molecule has 0 bridgehead atoms. The number of benzene rings is 2. The Kier molecular flexibility index (Phi) is 5.79. The highest BCUT2D eigenvalue weighted by atomic mass is 16.5. The Balaban J connectivity index is 1.03. The van der Waals surface area contributed by atoms with Crippen molar-refractivity contribution in [3.05, 3.63) is 69.4 Å². The fourth-order valence-corrected chi connectivity index (χ4v) is 9.58. The minimum absolute atomic E-state index is 0.0665. The second-order valence-corrected chi connectivity index (χ2v) is 14.2. The third-order valence-corrected chi connectivity index (χ3v) is 11.8. The van der Waals surface area contributed by atoms with Crippen LogP contribution in [-0.2, 0) is 18.3 Å². The van der Waals surface area contributed by atoms with Crippen LogP contribution in [-0.4, -0.2) is 87.5 Å². The second-order valence-electron chi connectivity index (χ2n) is 14.2. The number of anilines is 2. The summed E-state index contributed by atoms with van der Waals surface area (Å²) in [4.78, 5) is 67.5. The number of allylic oxidation sites excluding steroid dienone is 2. The average Bonchev–Trinajstić information content (AvgIpc) is 3.85. The molecular weight excluding hydrogens is 670 g/mol. The molecule has 2 aliphatic carbocycles. The molecule has 0 radical (unpaired) electrons. The maximum atomic E-state index is 14.2. The zero-order chi connectivity index (χ0) is 36.1. The molecule has 3 aliphatic heterocycles. The van der Waals surface area contributed by atoms with E-state index in [1.807, 2.05) is 13.1 Å². The van der Waals surface area contributed by atoms with E-state index in [-0.39, 0.29) is 81.9 Å². The molecular formula is C37H33N7O8. The molecule has 15 nitrogen and oxygen atoms in total. The van der Waals surface area contributed by atoms with Gasteiger partial charge < -0.3 is 50.2 Å². The number of likely N-dealkylation sites (tertiary alicyclic amines) is 1. The number of aromatic nitrogens is 3. The molecule has 1 saturated carbocycles. The number of phenols is 2. The summed E-state index contributed by atoms with van der Waals surface area (Å²) in [5, 5.41) is 23.9. The van der Waals surface area contributed by atoms with Crippen LogP contribution in [0.3, 0.4) is 0 Å². The van der Waals surface area contributed by atoms with E-state index >= 15 is 0 Å². The molecule has 5 aliphatic rings. The van der Waals surface area contributed by atoms with E-state index in [4.69, 9.17) is 15.2 Å². The summed E-state index contributed by atoms with van der Waals surface area (Å²) in [5.74, 6) is -1.04. The van der Waals surface area contributed by atoms with Gasteiger partial charge in [-0.3, -0.25) is 19.3 Å². The van der Waals surface area contributed by atoms with Crippen LogP contribution in [0.4, 0.5) is 16.2 Å². The number of hydrogen-bond donors (Lipinski definition) is 6. The lowest BCUT2D eigenvalue weighted by Gasteiger charge is -2.28. The van der Waals surface area contributed by atoms with Crippen molar-refractivity contribution in [2.45, 2.75) is 31.6 Å². The number of ether oxygens (including phenoxy) is 2. The third kappa shape index (κ3) is 3.54. The summed E-state index contributed by atoms with van der Waals surface area (Å²) in [6.45, 7) is 2.96. The van der Waals surface area contributed by atoms with Crippen LogP contribution in [0.2, 0.25) is 0 Å². The number of aryl methyl sites for hydroxylation is 1. The van der Waals surface area contributed by atoms with Gasteiger partial charge in [-0.2, -0.15) is 0 Å². The quantitative estimate of drug-likeness (QED) is 0.162. The fourth-order valence-electron chi connectivity index (χ4n) is 9.58. The van der Waals surface area contributed by atoms with Crippen LogP contribution >= 0.6 is 0 Å². The van der Waals surface area contributed by atoms with E-state index in [0.29, 0.717) is 58.0 Å². The van der Waals surface area contributed by atoms with Gasteiger partial charge in [-0.15, -0.1) is 0 Å². The Hall–Kier alpha value is -6.38. The molecule has 2 fully saturated rings. The third-order valence-electron chi connectivity index (χ3n) is 11.8. The molecule has 6 heterocycles. The van der Waals surface area contributed by atoms with Crippen LogP contribution in [0.5, 0.6) is 23.0 Å². The first kappa shape index (κ1) is 30.4. The van der Waals surface area contributed by atoms with Gasteiger partial charge in [-0.25, -0.2) is 4.79 Å². The lowest BCUT2D eigenvalue weighted by molar-refractivity contribution is 0.0806. The number of H-pyrrole nitrogens is 3. The van der Waals surface area contributed by atoms with Crippen LogP contribution in [0, 0.1) is 12.8 Å². The van der Waals surface area contributed by atoms with Gasteiger partial charge in [-0.1, -0.05) is 0 Å². The van der Waals surface area contributed by atoms with Gasteiger partial charge in [0, 0.05) is 53.8 Å². The van der Waals surface area contributed by atoms with Gasteiger partial charge in [0.1, 0.15) is 11.4 Å². The Morgan fingerprint density at radius 3 is 2.02 bits per heavy atom. The highest BCUT2D eigenvalue weighted by Gasteiger charge is 2.68. The zero-order valence-corrected chi connectivity index (χ0v) is 28.4. The molecule has 264 valence electrons. The number of nitrogens with one attached hydrogen (secondary N) is 3. The Bertz CT molecular complexity index is 2570. The monoisotopic (exact) mass is 703 g/mol. The summed E-state index contributed by atoms with van der Waals surface area (Å²) in [6, 6.07) is 2.66. The maximum absolute atomic E-state index is 14.2. The lowest BCUT2D eigenvalue weighted by Crippen LogP contribution is -2.34. The Morgan fingerprint density at radius 1 is 0.885 bits per heavy atom. The number of nitrogens with zero attached hydrogens (tertiary/aromatic N) is 3. The summed E-state index contributed by atoms with van der Waals surface area (Å²) in [5.41, 5.74) is 11.6. The number of aromatic hydroxyl groups is 2. The van der Waals surface area contributed by atoms with Crippen molar-refractivity contribution in [1.29, 1.82) is 0 Å². The molecule has 5 aromatic rings. The van der Waals surface area contributed by atoms with Crippen molar-refractivity contribution in [3.8, 4) is 23.0 Å².